The quantitative estimate of drug-likeness (QED) is 0.758. The van der Waals surface area contributed by atoms with Gasteiger partial charge in [-0.25, -0.2) is 19.7 Å². The third-order valence-electron chi connectivity index (χ3n) is 4.78. The van der Waals surface area contributed by atoms with Crippen molar-refractivity contribution in [3.8, 4) is 0 Å². The van der Waals surface area contributed by atoms with Gasteiger partial charge >= 0.3 is 6.09 Å². The molecule has 5 rings (SSSR count). The van der Waals surface area contributed by atoms with E-state index in [0.717, 1.165) is 47.9 Å². The van der Waals surface area contributed by atoms with Gasteiger partial charge in [-0.05, 0) is 18.9 Å². The smallest absolute Gasteiger partial charge is 0.407 e. The molecule has 1 atom stereocenters. The van der Waals surface area contributed by atoms with Crippen LogP contribution in [0.2, 0.25) is 0 Å². The highest BCUT2D eigenvalue weighted by molar-refractivity contribution is 6.08. The molecule has 1 saturated heterocycles. The molecule has 1 aliphatic heterocycles. The number of fused-ring (bicyclic) bond motifs is 3. The molecular weight excluding hydrogens is 320 g/mol. The third-order valence-corrected chi connectivity index (χ3v) is 4.78. The van der Waals surface area contributed by atoms with Crippen molar-refractivity contribution in [2.24, 2.45) is 0 Å². The van der Waals surface area contributed by atoms with Gasteiger partial charge < -0.3 is 19.9 Å². The number of rotatable bonds is 3. The second-order valence-corrected chi connectivity index (χ2v) is 6.64. The van der Waals surface area contributed by atoms with E-state index in [4.69, 9.17) is 4.74 Å². The van der Waals surface area contributed by atoms with Crippen LogP contribution in [0.15, 0.2) is 24.8 Å². The molecule has 25 heavy (non-hydrogen) atoms. The molecule has 128 valence electrons. The number of ether oxygens (including phenoxy) is 1. The van der Waals surface area contributed by atoms with Crippen molar-refractivity contribution >= 4 is 33.8 Å². The van der Waals surface area contributed by atoms with Gasteiger partial charge in [0.1, 0.15) is 11.9 Å². The Balaban J connectivity index is 1.41. The van der Waals surface area contributed by atoms with E-state index in [0.29, 0.717) is 18.2 Å². The molecule has 8 nitrogen and oxygen atoms in total. The van der Waals surface area contributed by atoms with Crippen LogP contribution < -0.4 is 10.2 Å². The molecular formula is C17H18N6O2. The highest BCUT2D eigenvalue weighted by Gasteiger charge is 2.30. The maximum atomic E-state index is 11.9. The highest BCUT2D eigenvalue weighted by atomic mass is 16.6. The lowest BCUT2D eigenvalue weighted by molar-refractivity contribution is 0.108. The summed E-state index contributed by atoms with van der Waals surface area (Å²) in [5.41, 5.74) is 1.63. The summed E-state index contributed by atoms with van der Waals surface area (Å²) in [5, 5.41) is 4.86. The minimum Gasteiger partial charge on any atom is -0.444 e. The number of hydrogen-bond acceptors (Lipinski definition) is 6. The van der Waals surface area contributed by atoms with E-state index >= 15 is 0 Å². The minimum absolute atomic E-state index is 0.116. The first-order chi connectivity index (χ1) is 12.3. The molecule has 1 amide bonds. The monoisotopic (exact) mass is 338 g/mol. The van der Waals surface area contributed by atoms with Gasteiger partial charge in [0.05, 0.1) is 30.0 Å². The van der Waals surface area contributed by atoms with Gasteiger partial charge in [0, 0.05) is 30.6 Å². The SMILES string of the molecule is O=C(NC1CC1)OC1CCN(c2nc[nH]c3cnc4nccc4c23)C1. The summed E-state index contributed by atoms with van der Waals surface area (Å²) in [6.45, 7) is 1.44. The fourth-order valence-electron chi connectivity index (χ4n) is 3.37. The maximum absolute atomic E-state index is 11.9. The van der Waals surface area contributed by atoms with E-state index in [9.17, 15) is 4.79 Å². The lowest BCUT2D eigenvalue weighted by Crippen LogP contribution is -2.32. The van der Waals surface area contributed by atoms with E-state index < -0.39 is 0 Å². The molecule has 0 bridgehead atoms. The highest BCUT2D eigenvalue weighted by Crippen LogP contribution is 2.31. The molecule has 1 unspecified atom stereocenters. The number of carbonyl (C=O) groups is 1. The second-order valence-electron chi connectivity index (χ2n) is 6.64. The summed E-state index contributed by atoms with van der Waals surface area (Å²) < 4.78 is 5.55. The first kappa shape index (κ1) is 14.4. The molecule has 0 spiro atoms. The van der Waals surface area contributed by atoms with Crippen LogP contribution in [0.3, 0.4) is 0 Å². The predicted octanol–water partition coefficient (Wildman–Crippen LogP) is 1.97. The number of pyridine rings is 1. The number of carbonyl (C=O) groups excluding carboxylic acids is 1. The van der Waals surface area contributed by atoms with Crippen molar-refractivity contribution in [1.29, 1.82) is 0 Å². The van der Waals surface area contributed by atoms with Crippen molar-refractivity contribution in [1.82, 2.24) is 25.3 Å². The summed E-state index contributed by atoms with van der Waals surface area (Å²) in [5.74, 6) is 0.878. The van der Waals surface area contributed by atoms with E-state index in [1.54, 1.807) is 18.7 Å². The van der Waals surface area contributed by atoms with E-state index in [1.165, 1.54) is 0 Å². The number of amides is 1. The third kappa shape index (κ3) is 2.63. The largest absolute Gasteiger partial charge is 0.444 e. The molecule has 1 saturated carbocycles. The average Bonchev–Trinajstić information content (AvgIpc) is 3.11. The molecule has 8 heteroatoms. The molecule has 3 aromatic heterocycles. The Hall–Kier alpha value is -2.90. The molecule has 3 aromatic rings. The van der Waals surface area contributed by atoms with Gasteiger partial charge in [0.15, 0.2) is 5.65 Å². The van der Waals surface area contributed by atoms with Crippen LogP contribution in [0.1, 0.15) is 19.3 Å². The number of aromatic amines is 1. The first-order valence-corrected chi connectivity index (χ1v) is 8.57. The first-order valence-electron chi connectivity index (χ1n) is 8.57. The van der Waals surface area contributed by atoms with Crippen LogP contribution >= 0.6 is 0 Å². The number of anilines is 1. The summed E-state index contributed by atoms with van der Waals surface area (Å²) in [6.07, 6.45) is 7.70. The standard InChI is InChI=1S/C17H18N6O2/c24-17(22-10-1-2-10)25-11-4-6-23(8-11)16-14-12-3-5-18-15(12)19-7-13(14)20-9-21-16/h3,5,7,9-11H,1-2,4,6,8H2,(H,20,21)(H,22,24). The fourth-order valence-corrected chi connectivity index (χ4v) is 3.37. The zero-order chi connectivity index (χ0) is 16.8. The van der Waals surface area contributed by atoms with Crippen molar-refractivity contribution in [3.05, 3.63) is 24.8 Å². The van der Waals surface area contributed by atoms with Crippen LogP contribution in [-0.4, -0.2) is 51.3 Å². The Bertz CT molecular complexity index is 951. The number of H-pyrrole nitrogens is 1. The van der Waals surface area contributed by atoms with Crippen molar-refractivity contribution in [2.75, 3.05) is 18.0 Å². The summed E-state index contributed by atoms with van der Waals surface area (Å²) >= 11 is 0. The van der Waals surface area contributed by atoms with Crippen molar-refractivity contribution in [3.63, 3.8) is 0 Å². The zero-order valence-corrected chi connectivity index (χ0v) is 13.6. The number of nitrogens with zero attached hydrogens (tertiary/aromatic N) is 4. The van der Waals surface area contributed by atoms with Gasteiger partial charge in [-0.2, -0.15) is 0 Å². The Kier molecular flexibility index (Phi) is 3.22. The molecule has 2 fully saturated rings. The molecule has 0 aromatic carbocycles. The Morgan fingerprint density at radius 1 is 1.28 bits per heavy atom. The van der Waals surface area contributed by atoms with Gasteiger partial charge in [0.25, 0.3) is 0 Å². The Labute approximate surface area is 143 Å². The van der Waals surface area contributed by atoms with Crippen LogP contribution in [0.25, 0.3) is 21.9 Å². The van der Waals surface area contributed by atoms with Crippen LogP contribution in [0.4, 0.5) is 10.6 Å². The van der Waals surface area contributed by atoms with Crippen molar-refractivity contribution in [2.45, 2.75) is 31.4 Å². The van der Waals surface area contributed by atoms with Gasteiger partial charge in [0.2, 0.25) is 0 Å². The molecule has 0 radical (unpaired) electrons. The normalized spacial score (nSPS) is 20.3. The lowest BCUT2D eigenvalue weighted by Gasteiger charge is -2.19. The van der Waals surface area contributed by atoms with Gasteiger partial charge in [-0.3, -0.25) is 0 Å². The van der Waals surface area contributed by atoms with Gasteiger partial charge in [-0.1, -0.05) is 0 Å². The number of aromatic nitrogens is 4. The molecule has 1 aliphatic carbocycles. The summed E-state index contributed by atoms with van der Waals surface area (Å²) in [7, 11) is 0. The Morgan fingerprint density at radius 2 is 2.20 bits per heavy atom. The topological polar surface area (TPSA) is 96.0 Å². The molecule has 2 aliphatic rings. The van der Waals surface area contributed by atoms with E-state index in [2.05, 4.69) is 30.2 Å². The minimum atomic E-state index is -0.305. The number of hydrogen-bond donors (Lipinski definition) is 2. The zero-order valence-electron chi connectivity index (χ0n) is 13.6. The second kappa shape index (κ2) is 5.58. The maximum Gasteiger partial charge on any atom is 0.407 e. The fraction of sp³-hybridized carbons (Fsp3) is 0.412. The number of nitrogens with one attached hydrogen (secondary N) is 2. The average molecular weight is 338 g/mol. The van der Waals surface area contributed by atoms with Crippen LogP contribution in [-0.2, 0) is 4.74 Å². The van der Waals surface area contributed by atoms with Crippen LogP contribution in [0, 0.1) is 0 Å². The summed E-state index contributed by atoms with van der Waals surface area (Å²) in [6, 6.07) is 2.27. The number of alkyl carbamates (subject to hydrolysis) is 1. The van der Waals surface area contributed by atoms with E-state index in [1.807, 2.05) is 6.07 Å². The predicted molar refractivity (Wildman–Crippen MR) is 92.4 cm³/mol. The Morgan fingerprint density at radius 3 is 3.08 bits per heavy atom. The summed E-state index contributed by atoms with van der Waals surface area (Å²) in [4.78, 5) is 30.3. The lowest BCUT2D eigenvalue weighted by atomic mass is 10.2. The van der Waals surface area contributed by atoms with E-state index in [-0.39, 0.29) is 12.2 Å². The molecule has 2 N–H and O–H groups in total. The van der Waals surface area contributed by atoms with Crippen molar-refractivity contribution < 1.29 is 9.53 Å². The molecule has 4 heterocycles. The van der Waals surface area contributed by atoms with Gasteiger partial charge in [-0.15, -0.1) is 0 Å². The van der Waals surface area contributed by atoms with Crippen LogP contribution in [0.5, 0.6) is 0 Å².